The summed E-state index contributed by atoms with van der Waals surface area (Å²) < 4.78 is 5.17. The van der Waals surface area contributed by atoms with E-state index in [1.165, 1.54) is 12.8 Å². The zero-order chi connectivity index (χ0) is 13.7. The molecule has 0 saturated carbocycles. The van der Waals surface area contributed by atoms with Crippen LogP contribution in [0.1, 0.15) is 19.3 Å². The van der Waals surface area contributed by atoms with Gasteiger partial charge in [0.15, 0.2) is 0 Å². The molecule has 0 spiro atoms. The Labute approximate surface area is 122 Å². The van der Waals surface area contributed by atoms with Gasteiger partial charge in [0, 0.05) is 11.7 Å². The molecule has 1 fully saturated rings. The highest BCUT2D eigenvalue weighted by Gasteiger charge is 2.14. The Kier molecular flexibility index (Phi) is 5.31. The number of amides is 1. The minimum atomic E-state index is -0.481. The summed E-state index contributed by atoms with van der Waals surface area (Å²) in [5, 5.41) is 6.78. The molecule has 1 heterocycles. The zero-order valence-electron chi connectivity index (χ0n) is 10.4. The van der Waals surface area contributed by atoms with Crippen molar-refractivity contribution in [2.75, 3.05) is 18.5 Å². The summed E-state index contributed by atoms with van der Waals surface area (Å²) in [4.78, 5) is 11.6. The van der Waals surface area contributed by atoms with Gasteiger partial charge < -0.3 is 10.1 Å². The molecule has 0 bridgehead atoms. The van der Waals surface area contributed by atoms with E-state index in [1.54, 1.807) is 18.2 Å². The lowest BCUT2D eigenvalue weighted by atomic mass is 10.1. The molecule has 0 radical (unpaired) electrons. The van der Waals surface area contributed by atoms with Crippen LogP contribution in [-0.2, 0) is 4.74 Å². The zero-order valence-corrected chi connectivity index (χ0v) is 11.9. The minimum absolute atomic E-state index is 0.258. The maximum absolute atomic E-state index is 11.6. The molecule has 104 valence electrons. The van der Waals surface area contributed by atoms with Gasteiger partial charge in [-0.05, 0) is 37.6 Å². The largest absolute Gasteiger partial charge is 0.448 e. The molecular weight excluding hydrogens is 287 g/mol. The summed E-state index contributed by atoms with van der Waals surface area (Å²) in [6.45, 7) is 1.37. The molecule has 2 N–H and O–H groups in total. The number of rotatable bonds is 3. The molecule has 1 aliphatic heterocycles. The maximum Gasteiger partial charge on any atom is 0.411 e. The normalized spacial score (nSPS) is 18.9. The highest BCUT2D eigenvalue weighted by atomic mass is 35.5. The smallest absolute Gasteiger partial charge is 0.411 e. The van der Waals surface area contributed by atoms with Crippen LogP contribution in [0.2, 0.25) is 10.0 Å². The Morgan fingerprint density at radius 3 is 2.89 bits per heavy atom. The third-order valence-electron chi connectivity index (χ3n) is 2.99. The molecule has 6 heteroatoms. The summed E-state index contributed by atoms with van der Waals surface area (Å²) in [5.41, 5.74) is 0.566. The van der Waals surface area contributed by atoms with Gasteiger partial charge in [-0.3, -0.25) is 5.32 Å². The molecule has 1 unspecified atom stereocenters. The molecule has 2 rings (SSSR count). The Morgan fingerprint density at radius 1 is 1.37 bits per heavy atom. The van der Waals surface area contributed by atoms with Crippen molar-refractivity contribution in [3.8, 4) is 0 Å². The number of carbonyl (C=O) groups excluding carboxylic acids is 1. The molecule has 19 heavy (non-hydrogen) atoms. The first-order chi connectivity index (χ1) is 9.15. The van der Waals surface area contributed by atoms with E-state index in [2.05, 4.69) is 10.6 Å². The van der Waals surface area contributed by atoms with Gasteiger partial charge in [-0.15, -0.1) is 0 Å². The van der Waals surface area contributed by atoms with Crippen LogP contribution >= 0.6 is 23.2 Å². The maximum atomic E-state index is 11.6. The van der Waals surface area contributed by atoms with Crippen molar-refractivity contribution in [1.29, 1.82) is 0 Å². The quantitative estimate of drug-likeness (QED) is 0.895. The number of halogens is 2. The topological polar surface area (TPSA) is 50.4 Å². The second kappa shape index (κ2) is 6.98. The van der Waals surface area contributed by atoms with Gasteiger partial charge >= 0.3 is 6.09 Å². The number of piperidine rings is 1. The predicted molar refractivity (Wildman–Crippen MR) is 77.1 cm³/mol. The monoisotopic (exact) mass is 302 g/mol. The Morgan fingerprint density at radius 2 is 2.21 bits per heavy atom. The molecule has 1 amide bonds. The fourth-order valence-corrected chi connectivity index (χ4v) is 2.27. The second-order valence-electron chi connectivity index (χ2n) is 4.50. The number of benzene rings is 1. The standard InChI is InChI=1S/C13H16Cl2N2O2/c14-11-5-4-9(7-12(11)15)17-13(18)19-8-10-3-1-2-6-16-10/h4-5,7,10,16H,1-3,6,8H2,(H,17,18). The van der Waals surface area contributed by atoms with E-state index in [-0.39, 0.29) is 6.04 Å². The Balaban J connectivity index is 1.78. The molecular formula is C13H16Cl2N2O2. The van der Waals surface area contributed by atoms with Gasteiger partial charge in [0.25, 0.3) is 0 Å². The van der Waals surface area contributed by atoms with Crippen molar-refractivity contribution in [3.63, 3.8) is 0 Å². The first-order valence-electron chi connectivity index (χ1n) is 6.27. The Hall–Kier alpha value is -0.970. The van der Waals surface area contributed by atoms with Crippen molar-refractivity contribution in [2.45, 2.75) is 25.3 Å². The van der Waals surface area contributed by atoms with Crippen LogP contribution in [0, 0.1) is 0 Å². The average Bonchev–Trinajstić information content (AvgIpc) is 2.42. The van der Waals surface area contributed by atoms with E-state index < -0.39 is 6.09 Å². The molecule has 4 nitrogen and oxygen atoms in total. The van der Waals surface area contributed by atoms with E-state index in [9.17, 15) is 4.79 Å². The molecule has 1 aliphatic rings. The third-order valence-corrected chi connectivity index (χ3v) is 3.73. The number of hydrogen-bond donors (Lipinski definition) is 2. The first kappa shape index (κ1) is 14.4. The first-order valence-corrected chi connectivity index (χ1v) is 7.03. The summed E-state index contributed by atoms with van der Waals surface area (Å²) in [6.07, 6.45) is 2.92. The van der Waals surface area contributed by atoms with E-state index in [0.717, 1.165) is 13.0 Å². The van der Waals surface area contributed by atoms with E-state index in [1.807, 2.05) is 0 Å². The highest BCUT2D eigenvalue weighted by molar-refractivity contribution is 6.42. The molecule has 0 aromatic heterocycles. The summed E-state index contributed by atoms with van der Waals surface area (Å²) >= 11 is 11.7. The van der Waals surface area contributed by atoms with E-state index in [4.69, 9.17) is 27.9 Å². The van der Waals surface area contributed by atoms with E-state index >= 15 is 0 Å². The van der Waals surface area contributed by atoms with Crippen LogP contribution in [0.4, 0.5) is 10.5 Å². The van der Waals surface area contributed by atoms with Gasteiger partial charge in [0.05, 0.1) is 10.0 Å². The second-order valence-corrected chi connectivity index (χ2v) is 5.31. The highest BCUT2D eigenvalue weighted by Crippen LogP contribution is 2.25. The summed E-state index contributed by atoms with van der Waals surface area (Å²) in [5.74, 6) is 0. The van der Waals surface area contributed by atoms with Gasteiger partial charge in [-0.25, -0.2) is 4.79 Å². The lowest BCUT2D eigenvalue weighted by molar-refractivity contribution is 0.141. The molecule has 1 aromatic rings. The lowest BCUT2D eigenvalue weighted by Gasteiger charge is -2.22. The fourth-order valence-electron chi connectivity index (χ4n) is 1.97. The fraction of sp³-hybridized carbons (Fsp3) is 0.462. The number of ether oxygens (including phenoxy) is 1. The SMILES string of the molecule is O=C(Nc1ccc(Cl)c(Cl)c1)OCC1CCCCN1. The Bertz CT molecular complexity index is 448. The van der Waals surface area contributed by atoms with Crippen LogP contribution in [0.25, 0.3) is 0 Å². The van der Waals surface area contributed by atoms with Crippen molar-refractivity contribution >= 4 is 35.0 Å². The van der Waals surface area contributed by atoms with Crippen molar-refractivity contribution in [1.82, 2.24) is 5.32 Å². The molecule has 1 aromatic carbocycles. The summed E-state index contributed by atoms with van der Waals surface area (Å²) in [7, 11) is 0. The van der Waals surface area contributed by atoms with Gasteiger partial charge in [-0.2, -0.15) is 0 Å². The average molecular weight is 303 g/mol. The number of hydrogen-bond acceptors (Lipinski definition) is 3. The van der Waals surface area contributed by atoms with Gasteiger partial charge in [0.2, 0.25) is 0 Å². The van der Waals surface area contributed by atoms with Crippen LogP contribution in [-0.4, -0.2) is 25.3 Å². The van der Waals surface area contributed by atoms with Gasteiger partial charge in [-0.1, -0.05) is 29.6 Å². The van der Waals surface area contributed by atoms with Gasteiger partial charge in [0.1, 0.15) is 6.61 Å². The lowest BCUT2D eigenvalue weighted by Crippen LogP contribution is -2.38. The summed E-state index contributed by atoms with van der Waals surface area (Å²) in [6, 6.07) is 5.15. The van der Waals surface area contributed by atoms with Crippen molar-refractivity contribution in [2.24, 2.45) is 0 Å². The molecule has 0 aliphatic carbocycles. The van der Waals surface area contributed by atoms with E-state index in [0.29, 0.717) is 22.3 Å². The number of nitrogens with one attached hydrogen (secondary N) is 2. The molecule has 1 atom stereocenters. The minimum Gasteiger partial charge on any atom is -0.448 e. The van der Waals surface area contributed by atoms with Crippen LogP contribution in [0.5, 0.6) is 0 Å². The van der Waals surface area contributed by atoms with Crippen LogP contribution in [0.15, 0.2) is 18.2 Å². The van der Waals surface area contributed by atoms with Crippen LogP contribution < -0.4 is 10.6 Å². The van der Waals surface area contributed by atoms with Crippen molar-refractivity contribution < 1.29 is 9.53 Å². The molecule has 1 saturated heterocycles. The van der Waals surface area contributed by atoms with Crippen molar-refractivity contribution in [3.05, 3.63) is 28.2 Å². The third kappa shape index (κ3) is 4.56. The number of anilines is 1. The van der Waals surface area contributed by atoms with Crippen LogP contribution in [0.3, 0.4) is 0 Å². The predicted octanol–water partition coefficient (Wildman–Crippen LogP) is 3.68. The number of carbonyl (C=O) groups is 1.